The lowest BCUT2D eigenvalue weighted by Gasteiger charge is -2.44. The highest BCUT2D eigenvalue weighted by atomic mass is 16.5. The molecule has 0 unspecified atom stereocenters. The van der Waals surface area contributed by atoms with Crippen molar-refractivity contribution in [1.82, 2.24) is 9.80 Å². The SMILES string of the molecule is COc1ccc(C2(c3ccc(OC)cc3)CCCN(Cc3cccc(C(=O)N4CC=CC4)c3)C2)cc1. The molecule has 1 saturated heterocycles. The number of carbonyl (C=O) groups is 1. The van der Waals surface area contributed by atoms with Crippen molar-refractivity contribution < 1.29 is 14.3 Å². The molecule has 36 heavy (non-hydrogen) atoms. The number of nitrogens with zero attached hydrogens (tertiary/aromatic N) is 2. The maximum absolute atomic E-state index is 12.9. The first kappa shape index (κ1) is 24.1. The number of amides is 1. The number of benzene rings is 3. The lowest BCUT2D eigenvalue weighted by molar-refractivity contribution is 0.0799. The summed E-state index contributed by atoms with van der Waals surface area (Å²) < 4.78 is 10.9. The summed E-state index contributed by atoms with van der Waals surface area (Å²) in [6, 6.07) is 25.2. The number of ether oxygens (including phenoxy) is 2. The topological polar surface area (TPSA) is 42.0 Å². The van der Waals surface area contributed by atoms with Crippen LogP contribution >= 0.6 is 0 Å². The Bertz CT molecular complexity index is 1160. The third kappa shape index (κ3) is 4.89. The summed E-state index contributed by atoms with van der Waals surface area (Å²) in [6.45, 7) is 4.14. The quantitative estimate of drug-likeness (QED) is 0.429. The molecule has 5 rings (SSSR count). The monoisotopic (exact) mass is 482 g/mol. The van der Waals surface area contributed by atoms with Gasteiger partial charge in [-0.15, -0.1) is 0 Å². The van der Waals surface area contributed by atoms with Crippen molar-refractivity contribution in [3.63, 3.8) is 0 Å². The summed E-state index contributed by atoms with van der Waals surface area (Å²) in [4.78, 5) is 17.3. The number of likely N-dealkylation sites (tertiary alicyclic amines) is 1. The molecule has 3 aromatic carbocycles. The van der Waals surface area contributed by atoms with Crippen LogP contribution in [0.5, 0.6) is 11.5 Å². The minimum absolute atomic E-state index is 0.103. The van der Waals surface area contributed by atoms with Gasteiger partial charge in [-0.2, -0.15) is 0 Å². The zero-order chi connectivity index (χ0) is 25.0. The molecule has 0 radical (unpaired) electrons. The van der Waals surface area contributed by atoms with Gasteiger partial charge in [0.1, 0.15) is 11.5 Å². The van der Waals surface area contributed by atoms with E-state index in [1.807, 2.05) is 29.2 Å². The Kier molecular flexibility index (Phi) is 7.10. The Morgan fingerprint density at radius 1 is 0.861 bits per heavy atom. The molecule has 2 heterocycles. The molecule has 0 aromatic heterocycles. The van der Waals surface area contributed by atoms with Gasteiger partial charge in [0.15, 0.2) is 0 Å². The summed E-state index contributed by atoms with van der Waals surface area (Å²) in [5, 5.41) is 0. The van der Waals surface area contributed by atoms with Gasteiger partial charge in [-0.05, 0) is 72.5 Å². The fourth-order valence-electron chi connectivity index (χ4n) is 5.62. The van der Waals surface area contributed by atoms with Crippen molar-refractivity contribution in [2.45, 2.75) is 24.8 Å². The molecule has 186 valence electrons. The molecule has 0 bridgehead atoms. The van der Waals surface area contributed by atoms with Crippen LogP contribution in [0.3, 0.4) is 0 Å². The lowest BCUT2D eigenvalue weighted by Crippen LogP contribution is -2.46. The molecule has 0 N–H and O–H groups in total. The average molecular weight is 483 g/mol. The Hall–Kier alpha value is -3.57. The second-order valence-corrected chi connectivity index (χ2v) is 9.74. The van der Waals surface area contributed by atoms with Crippen LogP contribution < -0.4 is 9.47 Å². The molecule has 0 spiro atoms. The third-order valence-corrected chi connectivity index (χ3v) is 7.54. The number of rotatable bonds is 7. The molecular formula is C31H34N2O3. The second-order valence-electron chi connectivity index (χ2n) is 9.74. The molecule has 0 aliphatic carbocycles. The molecule has 1 fully saturated rings. The first-order valence-electron chi connectivity index (χ1n) is 12.7. The van der Waals surface area contributed by atoms with Gasteiger partial charge in [-0.25, -0.2) is 0 Å². The first-order chi connectivity index (χ1) is 17.6. The molecule has 2 aliphatic rings. The molecular weight excluding hydrogens is 448 g/mol. The Morgan fingerprint density at radius 3 is 2.06 bits per heavy atom. The van der Waals surface area contributed by atoms with E-state index in [1.165, 1.54) is 16.7 Å². The van der Waals surface area contributed by atoms with Crippen LogP contribution in [-0.2, 0) is 12.0 Å². The van der Waals surface area contributed by atoms with E-state index < -0.39 is 0 Å². The van der Waals surface area contributed by atoms with Crippen molar-refractivity contribution in [3.8, 4) is 11.5 Å². The molecule has 5 nitrogen and oxygen atoms in total. The molecule has 0 atom stereocenters. The summed E-state index contributed by atoms with van der Waals surface area (Å²) in [5.74, 6) is 1.84. The van der Waals surface area contributed by atoms with Crippen LogP contribution in [0.25, 0.3) is 0 Å². The van der Waals surface area contributed by atoms with Crippen molar-refractivity contribution in [2.75, 3.05) is 40.4 Å². The minimum Gasteiger partial charge on any atom is -0.497 e. The van der Waals surface area contributed by atoms with Crippen LogP contribution in [0, 0.1) is 0 Å². The molecule has 5 heteroatoms. The van der Waals surface area contributed by atoms with E-state index in [-0.39, 0.29) is 11.3 Å². The lowest BCUT2D eigenvalue weighted by atomic mass is 9.69. The minimum atomic E-state index is -0.133. The molecule has 0 saturated carbocycles. The van der Waals surface area contributed by atoms with Gasteiger partial charge in [0.2, 0.25) is 0 Å². The average Bonchev–Trinajstić information content (AvgIpc) is 3.48. The van der Waals surface area contributed by atoms with Crippen molar-refractivity contribution in [2.24, 2.45) is 0 Å². The number of piperidine rings is 1. The van der Waals surface area contributed by atoms with E-state index in [2.05, 4.69) is 65.6 Å². The Morgan fingerprint density at radius 2 is 1.47 bits per heavy atom. The van der Waals surface area contributed by atoms with Crippen LogP contribution in [0.15, 0.2) is 84.9 Å². The Labute approximate surface area is 213 Å². The largest absolute Gasteiger partial charge is 0.497 e. The van der Waals surface area contributed by atoms with Gasteiger partial charge in [-0.3, -0.25) is 9.69 Å². The van der Waals surface area contributed by atoms with E-state index in [0.29, 0.717) is 13.1 Å². The summed E-state index contributed by atoms with van der Waals surface area (Å²) in [5.41, 5.74) is 4.40. The smallest absolute Gasteiger partial charge is 0.254 e. The fourth-order valence-corrected chi connectivity index (χ4v) is 5.62. The number of hydrogen-bond donors (Lipinski definition) is 0. The summed E-state index contributed by atoms with van der Waals surface area (Å²) in [6.07, 6.45) is 6.26. The van der Waals surface area contributed by atoms with E-state index in [0.717, 1.165) is 49.5 Å². The van der Waals surface area contributed by atoms with Gasteiger partial charge < -0.3 is 14.4 Å². The van der Waals surface area contributed by atoms with Crippen LogP contribution in [-0.4, -0.2) is 56.1 Å². The normalized spacial score (nSPS) is 17.2. The van der Waals surface area contributed by atoms with Crippen LogP contribution in [0.4, 0.5) is 0 Å². The zero-order valence-corrected chi connectivity index (χ0v) is 21.2. The first-order valence-corrected chi connectivity index (χ1v) is 12.7. The fraction of sp³-hybridized carbons (Fsp3) is 0.323. The van der Waals surface area contributed by atoms with Gasteiger partial charge in [-0.1, -0.05) is 48.6 Å². The third-order valence-electron chi connectivity index (χ3n) is 7.54. The van der Waals surface area contributed by atoms with E-state index in [9.17, 15) is 4.79 Å². The van der Waals surface area contributed by atoms with Crippen molar-refractivity contribution >= 4 is 5.91 Å². The van der Waals surface area contributed by atoms with Gasteiger partial charge in [0, 0.05) is 37.2 Å². The van der Waals surface area contributed by atoms with Crippen molar-refractivity contribution in [1.29, 1.82) is 0 Å². The number of carbonyl (C=O) groups excluding carboxylic acids is 1. The van der Waals surface area contributed by atoms with Crippen LogP contribution in [0.2, 0.25) is 0 Å². The molecule has 2 aliphatic heterocycles. The second kappa shape index (κ2) is 10.6. The number of methoxy groups -OCH3 is 2. The van der Waals surface area contributed by atoms with Gasteiger partial charge >= 0.3 is 0 Å². The highest BCUT2D eigenvalue weighted by Gasteiger charge is 2.39. The van der Waals surface area contributed by atoms with Gasteiger partial charge in [0.05, 0.1) is 14.2 Å². The highest BCUT2D eigenvalue weighted by Crippen LogP contribution is 2.41. The summed E-state index contributed by atoms with van der Waals surface area (Å²) in [7, 11) is 3.41. The predicted octanol–water partition coefficient (Wildman–Crippen LogP) is 5.30. The van der Waals surface area contributed by atoms with Crippen LogP contribution in [0.1, 0.15) is 39.9 Å². The molecule has 1 amide bonds. The van der Waals surface area contributed by atoms with E-state index in [1.54, 1.807) is 14.2 Å². The maximum Gasteiger partial charge on any atom is 0.254 e. The number of hydrogen-bond acceptors (Lipinski definition) is 4. The predicted molar refractivity (Wildman–Crippen MR) is 143 cm³/mol. The highest BCUT2D eigenvalue weighted by molar-refractivity contribution is 5.94. The van der Waals surface area contributed by atoms with E-state index in [4.69, 9.17) is 9.47 Å². The summed E-state index contributed by atoms with van der Waals surface area (Å²) >= 11 is 0. The zero-order valence-electron chi connectivity index (χ0n) is 21.2. The standard InChI is InChI=1S/C31H34N2O3/c1-35-28-13-9-26(10-14-28)31(27-11-15-29(36-2)16-12-27)17-6-18-32(23-31)22-24-7-5-8-25(21-24)30(34)33-19-3-4-20-33/h3-5,7-16,21H,6,17-20,22-23H2,1-2H3. The molecule has 3 aromatic rings. The Balaban J connectivity index is 1.42. The maximum atomic E-state index is 12.9. The van der Waals surface area contributed by atoms with E-state index >= 15 is 0 Å². The van der Waals surface area contributed by atoms with Crippen molar-refractivity contribution in [3.05, 3.63) is 107 Å². The van der Waals surface area contributed by atoms with Gasteiger partial charge in [0.25, 0.3) is 5.91 Å².